The van der Waals surface area contributed by atoms with Gasteiger partial charge in [-0.15, -0.1) is 0 Å². The molecule has 0 aliphatic heterocycles. The van der Waals surface area contributed by atoms with Crippen LogP contribution in [-0.4, -0.2) is 17.6 Å². The highest BCUT2D eigenvalue weighted by molar-refractivity contribution is 5.73. The van der Waals surface area contributed by atoms with Crippen LogP contribution in [0.5, 0.6) is 0 Å². The number of unbranched alkanes of at least 4 members (excludes halogenated alkanes) is 1. The largest absolute Gasteiger partial charge is 0.338 e. The number of rotatable bonds is 8. The molecule has 0 saturated heterocycles. The lowest BCUT2D eigenvalue weighted by atomic mass is 9.99. The van der Waals surface area contributed by atoms with Crippen molar-refractivity contribution in [3.05, 3.63) is 30.1 Å². The fourth-order valence-corrected chi connectivity index (χ4v) is 1.92. The summed E-state index contributed by atoms with van der Waals surface area (Å²) in [6, 6.07) is 5.57. The van der Waals surface area contributed by atoms with E-state index in [2.05, 4.69) is 29.5 Å². The van der Waals surface area contributed by atoms with Crippen LogP contribution in [-0.2, 0) is 6.54 Å². The summed E-state index contributed by atoms with van der Waals surface area (Å²) in [4.78, 5) is 15.8. The molecule has 0 aromatic carbocycles. The molecule has 0 aliphatic rings. The SMILES string of the molecule is CCCCC(CC)CNC(=O)NCc1ccccn1. The first-order valence-corrected chi connectivity index (χ1v) is 7.17. The minimum absolute atomic E-state index is 0.111. The lowest BCUT2D eigenvalue weighted by molar-refractivity contribution is 0.237. The van der Waals surface area contributed by atoms with E-state index in [-0.39, 0.29) is 6.03 Å². The molecule has 0 aliphatic carbocycles. The quantitative estimate of drug-likeness (QED) is 0.757. The summed E-state index contributed by atoms with van der Waals surface area (Å²) < 4.78 is 0. The molecule has 1 unspecified atom stereocenters. The van der Waals surface area contributed by atoms with Gasteiger partial charge in [0.2, 0.25) is 0 Å². The first-order valence-electron chi connectivity index (χ1n) is 7.17. The molecule has 0 bridgehead atoms. The normalized spacial score (nSPS) is 11.9. The molecular weight excluding hydrogens is 238 g/mol. The topological polar surface area (TPSA) is 54.0 Å². The number of pyridine rings is 1. The van der Waals surface area contributed by atoms with Crippen molar-refractivity contribution in [2.45, 2.75) is 46.1 Å². The predicted molar refractivity (Wildman–Crippen MR) is 77.8 cm³/mol. The molecule has 1 aromatic rings. The smallest absolute Gasteiger partial charge is 0.315 e. The summed E-state index contributed by atoms with van der Waals surface area (Å²) in [5.74, 6) is 0.584. The lowest BCUT2D eigenvalue weighted by Gasteiger charge is -2.15. The van der Waals surface area contributed by atoms with E-state index in [4.69, 9.17) is 0 Å². The summed E-state index contributed by atoms with van der Waals surface area (Å²) in [7, 11) is 0. The lowest BCUT2D eigenvalue weighted by Crippen LogP contribution is -2.38. The van der Waals surface area contributed by atoms with Crippen molar-refractivity contribution in [1.29, 1.82) is 0 Å². The van der Waals surface area contributed by atoms with Crippen molar-refractivity contribution in [1.82, 2.24) is 15.6 Å². The molecule has 2 amide bonds. The number of hydrogen-bond acceptors (Lipinski definition) is 2. The van der Waals surface area contributed by atoms with Crippen LogP contribution in [0, 0.1) is 5.92 Å². The summed E-state index contributed by atoms with van der Waals surface area (Å²) in [5, 5.41) is 5.76. The Bertz CT molecular complexity index is 354. The Morgan fingerprint density at radius 1 is 1.32 bits per heavy atom. The molecule has 19 heavy (non-hydrogen) atoms. The van der Waals surface area contributed by atoms with Crippen LogP contribution in [0.2, 0.25) is 0 Å². The molecule has 1 aromatic heterocycles. The molecule has 0 radical (unpaired) electrons. The molecule has 1 heterocycles. The third kappa shape index (κ3) is 6.79. The van der Waals surface area contributed by atoms with Crippen molar-refractivity contribution in [2.24, 2.45) is 5.92 Å². The van der Waals surface area contributed by atoms with Crippen LogP contribution in [0.1, 0.15) is 45.2 Å². The van der Waals surface area contributed by atoms with Crippen LogP contribution in [0.3, 0.4) is 0 Å². The molecule has 1 atom stereocenters. The van der Waals surface area contributed by atoms with E-state index in [1.54, 1.807) is 6.20 Å². The predicted octanol–water partition coefficient (Wildman–Crippen LogP) is 3.10. The highest BCUT2D eigenvalue weighted by Crippen LogP contribution is 2.10. The fourth-order valence-electron chi connectivity index (χ4n) is 1.92. The molecule has 0 spiro atoms. The van der Waals surface area contributed by atoms with Gasteiger partial charge in [-0.3, -0.25) is 4.98 Å². The zero-order valence-electron chi connectivity index (χ0n) is 12.0. The zero-order valence-corrected chi connectivity index (χ0v) is 12.0. The summed E-state index contributed by atoms with van der Waals surface area (Å²) in [6.45, 7) is 5.59. The maximum absolute atomic E-state index is 11.7. The van der Waals surface area contributed by atoms with E-state index in [9.17, 15) is 4.79 Å². The van der Waals surface area contributed by atoms with Crippen molar-refractivity contribution >= 4 is 6.03 Å². The Hall–Kier alpha value is -1.58. The second-order valence-corrected chi connectivity index (χ2v) is 4.80. The summed E-state index contributed by atoms with van der Waals surface area (Å²) >= 11 is 0. The van der Waals surface area contributed by atoms with E-state index < -0.39 is 0 Å². The minimum atomic E-state index is -0.111. The Kier molecular flexibility index (Phi) is 7.63. The van der Waals surface area contributed by atoms with Gasteiger partial charge in [0.25, 0.3) is 0 Å². The first kappa shape index (κ1) is 15.5. The molecule has 4 nitrogen and oxygen atoms in total. The average Bonchev–Trinajstić information content (AvgIpc) is 2.46. The van der Waals surface area contributed by atoms with Crippen LogP contribution in [0.4, 0.5) is 4.79 Å². The van der Waals surface area contributed by atoms with Gasteiger partial charge >= 0.3 is 6.03 Å². The Morgan fingerprint density at radius 3 is 2.79 bits per heavy atom. The first-order chi connectivity index (χ1) is 9.26. The van der Waals surface area contributed by atoms with Crippen molar-refractivity contribution in [3.63, 3.8) is 0 Å². The zero-order chi connectivity index (χ0) is 13.9. The van der Waals surface area contributed by atoms with Gasteiger partial charge in [-0.1, -0.05) is 39.2 Å². The van der Waals surface area contributed by atoms with Gasteiger partial charge < -0.3 is 10.6 Å². The number of nitrogens with one attached hydrogen (secondary N) is 2. The van der Waals surface area contributed by atoms with E-state index in [1.807, 2.05) is 18.2 Å². The molecule has 4 heteroatoms. The molecule has 2 N–H and O–H groups in total. The maximum Gasteiger partial charge on any atom is 0.315 e. The van der Waals surface area contributed by atoms with Gasteiger partial charge in [0.05, 0.1) is 12.2 Å². The standard InChI is InChI=1S/C15H25N3O/c1-3-5-8-13(4-2)11-17-15(19)18-12-14-9-6-7-10-16-14/h6-7,9-10,13H,3-5,8,11-12H2,1-2H3,(H2,17,18,19). The molecule has 0 fully saturated rings. The summed E-state index contributed by atoms with van der Waals surface area (Å²) in [6.07, 6.45) is 6.47. The summed E-state index contributed by atoms with van der Waals surface area (Å²) in [5.41, 5.74) is 0.871. The van der Waals surface area contributed by atoms with Crippen LogP contribution in [0.25, 0.3) is 0 Å². The second-order valence-electron chi connectivity index (χ2n) is 4.80. The van der Waals surface area contributed by atoms with Gasteiger partial charge in [-0.05, 0) is 24.5 Å². The van der Waals surface area contributed by atoms with Crippen molar-refractivity contribution in [3.8, 4) is 0 Å². The number of hydrogen-bond donors (Lipinski definition) is 2. The Balaban J connectivity index is 2.20. The van der Waals surface area contributed by atoms with Crippen molar-refractivity contribution < 1.29 is 4.79 Å². The van der Waals surface area contributed by atoms with E-state index in [0.717, 1.165) is 18.7 Å². The average molecular weight is 263 g/mol. The number of nitrogens with zero attached hydrogens (tertiary/aromatic N) is 1. The highest BCUT2D eigenvalue weighted by atomic mass is 16.2. The van der Waals surface area contributed by atoms with Gasteiger partial charge in [0.15, 0.2) is 0 Å². The third-order valence-electron chi connectivity index (χ3n) is 3.25. The molecule has 106 valence electrons. The molecule has 0 saturated carbocycles. The van der Waals surface area contributed by atoms with Gasteiger partial charge in [-0.2, -0.15) is 0 Å². The van der Waals surface area contributed by atoms with Crippen molar-refractivity contribution in [2.75, 3.05) is 6.54 Å². The van der Waals surface area contributed by atoms with Gasteiger partial charge in [0, 0.05) is 12.7 Å². The Morgan fingerprint density at radius 2 is 2.16 bits per heavy atom. The Labute approximate surface area is 116 Å². The van der Waals surface area contributed by atoms with Crippen LogP contribution < -0.4 is 10.6 Å². The third-order valence-corrected chi connectivity index (χ3v) is 3.25. The monoisotopic (exact) mass is 263 g/mol. The van der Waals surface area contributed by atoms with Crippen LogP contribution >= 0.6 is 0 Å². The molecule has 1 rings (SSSR count). The minimum Gasteiger partial charge on any atom is -0.338 e. The van der Waals surface area contributed by atoms with Crippen LogP contribution in [0.15, 0.2) is 24.4 Å². The van der Waals surface area contributed by atoms with E-state index >= 15 is 0 Å². The number of urea groups is 1. The highest BCUT2D eigenvalue weighted by Gasteiger charge is 2.07. The van der Waals surface area contributed by atoms with Gasteiger partial charge in [0.1, 0.15) is 0 Å². The number of aromatic nitrogens is 1. The number of carbonyl (C=O) groups excluding carboxylic acids is 1. The van der Waals surface area contributed by atoms with E-state index in [1.165, 1.54) is 19.3 Å². The second kappa shape index (κ2) is 9.36. The maximum atomic E-state index is 11.7. The molecular formula is C15H25N3O. The fraction of sp³-hybridized carbons (Fsp3) is 0.600. The van der Waals surface area contributed by atoms with E-state index in [0.29, 0.717) is 12.5 Å². The van der Waals surface area contributed by atoms with Gasteiger partial charge in [-0.25, -0.2) is 4.79 Å². The number of carbonyl (C=O) groups is 1. The number of amides is 2.